The Hall–Kier alpha value is -2.78. The average molecular weight is 449 g/mol. The van der Waals surface area contributed by atoms with E-state index in [0.717, 1.165) is 4.90 Å². The summed E-state index contributed by atoms with van der Waals surface area (Å²) < 4.78 is 25.4. The summed E-state index contributed by atoms with van der Waals surface area (Å²) in [6.45, 7) is 0.0938. The molecule has 0 aliphatic carbocycles. The third-order valence-electron chi connectivity index (χ3n) is 3.99. The number of rotatable bonds is 2. The van der Waals surface area contributed by atoms with Crippen LogP contribution in [-0.2, 0) is 9.59 Å². The highest BCUT2D eigenvalue weighted by Gasteiger charge is 2.35. The lowest BCUT2D eigenvalue weighted by molar-refractivity contribution is -0.122. The Balaban J connectivity index is 1.77. The van der Waals surface area contributed by atoms with Gasteiger partial charge in [-0.05, 0) is 48.1 Å². The van der Waals surface area contributed by atoms with E-state index in [0.29, 0.717) is 21.5 Å². The number of carbonyl (C=O) groups excluding carboxylic acids is 2. The van der Waals surface area contributed by atoms with Crippen molar-refractivity contribution in [3.8, 4) is 11.5 Å². The number of thiocarbonyl (C=S) groups is 1. The summed E-state index contributed by atoms with van der Waals surface area (Å²) in [5.74, 6) is -0.971. The molecule has 4 rings (SSSR count). The fourth-order valence-corrected chi connectivity index (χ4v) is 3.42. The molecule has 0 atom stereocenters. The van der Waals surface area contributed by atoms with Gasteiger partial charge in [-0.15, -0.1) is 0 Å². The molecule has 0 unspecified atom stereocenters. The second-order valence-electron chi connectivity index (χ2n) is 5.64. The van der Waals surface area contributed by atoms with Crippen molar-refractivity contribution in [1.29, 1.82) is 0 Å². The third-order valence-corrected chi connectivity index (χ3v) is 4.96. The van der Waals surface area contributed by atoms with Crippen LogP contribution < -0.4 is 19.7 Å². The van der Waals surface area contributed by atoms with Crippen LogP contribution in [0.15, 0.2) is 46.4 Å². The predicted octanol–water partition coefficient (Wildman–Crippen LogP) is 3.15. The minimum absolute atomic E-state index is 0.0387. The van der Waals surface area contributed by atoms with E-state index in [1.54, 1.807) is 18.2 Å². The molecule has 1 fully saturated rings. The monoisotopic (exact) mass is 448 g/mol. The van der Waals surface area contributed by atoms with Crippen molar-refractivity contribution in [2.45, 2.75) is 0 Å². The highest BCUT2D eigenvalue weighted by atomic mass is 79.9. The van der Waals surface area contributed by atoms with Gasteiger partial charge in [0.25, 0.3) is 11.8 Å². The van der Waals surface area contributed by atoms with Crippen LogP contribution in [0, 0.1) is 5.82 Å². The van der Waals surface area contributed by atoms with E-state index in [1.807, 2.05) is 0 Å². The molecule has 9 heteroatoms. The van der Waals surface area contributed by atoms with Crippen LogP contribution in [0.25, 0.3) is 6.08 Å². The van der Waals surface area contributed by atoms with Gasteiger partial charge in [0, 0.05) is 4.47 Å². The number of amides is 2. The van der Waals surface area contributed by atoms with Gasteiger partial charge in [0.2, 0.25) is 6.79 Å². The molecule has 2 aromatic rings. The smallest absolute Gasteiger partial charge is 0.270 e. The maximum atomic E-state index is 14.2. The fourth-order valence-electron chi connectivity index (χ4n) is 2.71. The number of benzene rings is 2. The highest BCUT2D eigenvalue weighted by molar-refractivity contribution is 9.10. The molecule has 136 valence electrons. The molecule has 2 heterocycles. The third kappa shape index (κ3) is 3.08. The van der Waals surface area contributed by atoms with Crippen molar-refractivity contribution >= 4 is 56.8 Å². The second-order valence-corrected chi connectivity index (χ2v) is 6.88. The molecular weight excluding hydrogens is 439 g/mol. The highest BCUT2D eigenvalue weighted by Crippen LogP contribution is 2.38. The molecule has 0 radical (unpaired) electrons. The molecule has 0 saturated carbocycles. The largest absolute Gasteiger partial charge is 0.454 e. The van der Waals surface area contributed by atoms with E-state index in [1.165, 1.54) is 24.3 Å². The van der Waals surface area contributed by atoms with Gasteiger partial charge in [-0.1, -0.05) is 28.1 Å². The molecule has 2 aliphatic heterocycles. The van der Waals surface area contributed by atoms with E-state index in [2.05, 4.69) is 21.2 Å². The molecule has 27 heavy (non-hydrogen) atoms. The van der Waals surface area contributed by atoms with Crippen molar-refractivity contribution in [1.82, 2.24) is 5.32 Å². The van der Waals surface area contributed by atoms with E-state index >= 15 is 0 Å². The lowest BCUT2D eigenvalue weighted by Gasteiger charge is -2.29. The number of carbonyl (C=O) groups is 2. The van der Waals surface area contributed by atoms with E-state index < -0.39 is 17.6 Å². The summed E-state index contributed by atoms with van der Waals surface area (Å²) in [5, 5.41) is 2.24. The van der Waals surface area contributed by atoms with Crippen LogP contribution in [0.5, 0.6) is 11.5 Å². The maximum Gasteiger partial charge on any atom is 0.270 e. The molecule has 0 bridgehead atoms. The average Bonchev–Trinajstić information content (AvgIpc) is 3.07. The Morgan fingerprint density at radius 1 is 1.19 bits per heavy atom. The van der Waals surface area contributed by atoms with Gasteiger partial charge in [-0.3, -0.25) is 14.9 Å². The Morgan fingerprint density at radius 3 is 2.63 bits per heavy atom. The Bertz CT molecular complexity index is 1040. The number of hydrogen-bond acceptors (Lipinski definition) is 5. The van der Waals surface area contributed by atoms with Gasteiger partial charge in [0.1, 0.15) is 11.4 Å². The summed E-state index contributed by atoms with van der Waals surface area (Å²) >= 11 is 8.44. The molecule has 2 aliphatic rings. The van der Waals surface area contributed by atoms with Crippen molar-refractivity contribution in [3.05, 3.63) is 57.8 Å². The number of hydrogen-bond donors (Lipinski definition) is 1. The Labute approximate surface area is 166 Å². The first kappa shape index (κ1) is 17.6. The van der Waals surface area contributed by atoms with E-state index in [9.17, 15) is 14.0 Å². The number of fused-ring (bicyclic) bond motifs is 1. The van der Waals surface area contributed by atoms with E-state index in [-0.39, 0.29) is 23.2 Å². The Morgan fingerprint density at radius 2 is 1.89 bits per heavy atom. The zero-order valence-electron chi connectivity index (χ0n) is 13.5. The number of ether oxygens (including phenoxy) is 2. The molecule has 1 saturated heterocycles. The number of halogens is 2. The standard InChI is InChI=1S/C18H10BrFN2O4S/c19-11-7-15-14(25-8-26-15)6-9(11)5-10-16(23)21-18(27)22(17(10)24)13-4-2-1-3-12(13)20/h1-7H,8H2,(H,21,23,27)/b10-5+. The lowest BCUT2D eigenvalue weighted by Crippen LogP contribution is -2.54. The summed E-state index contributed by atoms with van der Waals surface area (Å²) in [7, 11) is 0. The van der Waals surface area contributed by atoms with Gasteiger partial charge in [0.15, 0.2) is 16.6 Å². The summed E-state index contributed by atoms with van der Waals surface area (Å²) in [6, 6.07) is 9.00. The summed E-state index contributed by atoms with van der Waals surface area (Å²) in [6.07, 6.45) is 1.39. The SMILES string of the molecule is O=C1NC(=S)N(c2ccccc2F)C(=O)/C1=C/c1cc2c(cc1Br)OCO2. The van der Waals surface area contributed by atoms with Crippen LogP contribution in [0.2, 0.25) is 0 Å². The zero-order chi connectivity index (χ0) is 19.1. The van der Waals surface area contributed by atoms with Gasteiger partial charge in [0.05, 0.1) is 5.69 Å². The van der Waals surface area contributed by atoms with Gasteiger partial charge < -0.3 is 9.47 Å². The molecule has 2 aromatic carbocycles. The van der Waals surface area contributed by atoms with Crippen molar-refractivity contribution in [2.24, 2.45) is 0 Å². The Kier molecular flexibility index (Phi) is 4.40. The molecule has 0 aromatic heterocycles. The van der Waals surface area contributed by atoms with E-state index in [4.69, 9.17) is 21.7 Å². The van der Waals surface area contributed by atoms with Crippen molar-refractivity contribution in [2.75, 3.05) is 11.7 Å². The zero-order valence-corrected chi connectivity index (χ0v) is 15.9. The number of para-hydroxylation sites is 1. The summed E-state index contributed by atoms with van der Waals surface area (Å²) in [5.41, 5.74) is 0.300. The summed E-state index contributed by atoms with van der Waals surface area (Å²) in [4.78, 5) is 26.2. The van der Waals surface area contributed by atoms with Crippen molar-refractivity contribution in [3.63, 3.8) is 0 Å². The maximum absolute atomic E-state index is 14.2. The van der Waals surface area contributed by atoms with Crippen LogP contribution in [0.3, 0.4) is 0 Å². The second kappa shape index (κ2) is 6.75. The van der Waals surface area contributed by atoms with Crippen LogP contribution in [0.4, 0.5) is 10.1 Å². The fraction of sp³-hybridized carbons (Fsp3) is 0.0556. The molecule has 6 nitrogen and oxygen atoms in total. The topological polar surface area (TPSA) is 67.9 Å². The first-order valence-electron chi connectivity index (χ1n) is 7.71. The quantitative estimate of drug-likeness (QED) is 0.434. The predicted molar refractivity (Wildman–Crippen MR) is 103 cm³/mol. The minimum Gasteiger partial charge on any atom is -0.454 e. The minimum atomic E-state index is -0.724. The molecule has 2 amide bonds. The number of nitrogens with zero attached hydrogens (tertiary/aromatic N) is 1. The molecular formula is C18H10BrFN2O4S. The number of anilines is 1. The lowest BCUT2D eigenvalue weighted by atomic mass is 10.1. The normalized spacial score (nSPS) is 17.5. The van der Waals surface area contributed by atoms with Crippen LogP contribution in [-0.4, -0.2) is 23.7 Å². The number of nitrogens with one attached hydrogen (secondary N) is 1. The molecule has 1 N–H and O–H groups in total. The van der Waals surface area contributed by atoms with Gasteiger partial charge in [-0.25, -0.2) is 9.29 Å². The van der Waals surface area contributed by atoms with Gasteiger partial charge in [-0.2, -0.15) is 0 Å². The first-order valence-corrected chi connectivity index (χ1v) is 8.91. The van der Waals surface area contributed by atoms with Crippen LogP contribution >= 0.6 is 28.1 Å². The van der Waals surface area contributed by atoms with Gasteiger partial charge >= 0.3 is 0 Å². The first-order chi connectivity index (χ1) is 13.0. The van der Waals surface area contributed by atoms with Crippen LogP contribution in [0.1, 0.15) is 5.56 Å². The van der Waals surface area contributed by atoms with Crippen molar-refractivity contribution < 1.29 is 23.5 Å². The molecule has 0 spiro atoms.